The zero-order chi connectivity index (χ0) is 17.8. The Balaban J connectivity index is 2.44. The predicted molar refractivity (Wildman–Crippen MR) is 84.7 cm³/mol. The maximum Gasteiger partial charge on any atom is 0.337 e. The molecule has 0 radical (unpaired) electrons. The number of aryl methyl sites for hydroxylation is 2. The van der Waals surface area contributed by atoms with Crippen LogP contribution >= 0.6 is 0 Å². The zero-order valence-electron chi connectivity index (χ0n) is 12.8. The van der Waals surface area contributed by atoms with Crippen molar-refractivity contribution in [2.24, 2.45) is 0 Å². The Hall–Kier alpha value is -3.42. The fraction of sp³-hybridized carbons (Fsp3) is 0.125. The molecule has 0 bridgehead atoms. The van der Waals surface area contributed by atoms with E-state index in [-0.39, 0.29) is 28.2 Å². The summed E-state index contributed by atoms with van der Waals surface area (Å²) < 4.78 is 0.954. The highest BCUT2D eigenvalue weighted by Gasteiger charge is 2.32. The summed E-state index contributed by atoms with van der Waals surface area (Å²) in [7, 11) is 0. The minimum atomic E-state index is -1.23. The Kier molecular flexibility index (Phi) is 3.26. The third-order valence-electron chi connectivity index (χ3n) is 3.85. The van der Waals surface area contributed by atoms with Crippen LogP contribution in [-0.2, 0) is 0 Å². The fourth-order valence-electron chi connectivity index (χ4n) is 2.93. The lowest BCUT2D eigenvalue weighted by Gasteiger charge is -2.17. The molecule has 0 saturated carbocycles. The lowest BCUT2D eigenvalue weighted by atomic mass is 10.0. The molecule has 8 nitrogen and oxygen atoms in total. The number of nitrogens with two attached hydrogens (primary N) is 1. The number of hydrogen-bond donors (Lipinski definition) is 3. The van der Waals surface area contributed by atoms with E-state index in [0.717, 1.165) is 10.6 Å². The van der Waals surface area contributed by atoms with Crippen LogP contribution in [-0.4, -0.2) is 27.5 Å². The number of nitrogen functional groups attached to an aromatic ring is 1. The van der Waals surface area contributed by atoms with Gasteiger partial charge in [-0.3, -0.25) is 24.3 Å². The van der Waals surface area contributed by atoms with Crippen molar-refractivity contribution in [2.75, 3.05) is 5.73 Å². The van der Waals surface area contributed by atoms with Gasteiger partial charge in [0.2, 0.25) is 0 Å². The molecule has 0 aliphatic carbocycles. The first-order valence-corrected chi connectivity index (χ1v) is 6.98. The summed E-state index contributed by atoms with van der Waals surface area (Å²) in [5.74, 6) is -2.92. The number of carbonyl (C=O) groups excluding carboxylic acids is 2. The quantitative estimate of drug-likeness (QED) is 0.693. The van der Waals surface area contributed by atoms with E-state index in [9.17, 15) is 24.3 Å². The summed E-state index contributed by atoms with van der Waals surface area (Å²) in [4.78, 5) is 47.6. The second kappa shape index (κ2) is 5.05. The molecule has 1 aliphatic rings. The number of aromatic nitrogens is 1. The third kappa shape index (κ3) is 2.08. The molecule has 2 amide bonds. The Morgan fingerprint density at radius 1 is 1.12 bits per heavy atom. The summed E-state index contributed by atoms with van der Waals surface area (Å²) in [5.41, 5.74) is 6.19. The van der Waals surface area contributed by atoms with Gasteiger partial charge in [0.1, 0.15) is 5.82 Å². The molecule has 24 heavy (non-hydrogen) atoms. The molecule has 0 unspecified atom stereocenters. The maximum atomic E-state index is 12.5. The van der Waals surface area contributed by atoms with Crippen LogP contribution < -0.4 is 16.6 Å². The molecular weight excluding hydrogens is 314 g/mol. The molecule has 0 fully saturated rings. The van der Waals surface area contributed by atoms with E-state index in [1.165, 1.54) is 6.07 Å². The third-order valence-corrected chi connectivity index (χ3v) is 3.85. The molecule has 3 rings (SSSR count). The number of benzene rings is 1. The fourth-order valence-corrected chi connectivity index (χ4v) is 2.93. The number of carboxylic acids is 1. The topological polar surface area (TPSA) is 131 Å². The first kappa shape index (κ1) is 15.5. The van der Waals surface area contributed by atoms with Crippen molar-refractivity contribution >= 4 is 23.6 Å². The predicted octanol–water partition coefficient (Wildman–Crippen LogP) is 0.618. The van der Waals surface area contributed by atoms with E-state index >= 15 is 0 Å². The van der Waals surface area contributed by atoms with Gasteiger partial charge in [-0.25, -0.2) is 4.79 Å². The van der Waals surface area contributed by atoms with Gasteiger partial charge in [-0.15, -0.1) is 0 Å². The van der Waals surface area contributed by atoms with Gasteiger partial charge in [-0.1, -0.05) is 6.07 Å². The van der Waals surface area contributed by atoms with Gasteiger partial charge in [-0.2, -0.15) is 0 Å². The van der Waals surface area contributed by atoms with Crippen molar-refractivity contribution in [1.82, 2.24) is 9.88 Å². The molecule has 1 aromatic carbocycles. The standard InChI is InChI=1S/C16H13N3O5/c1-6-3-7(2)12(9(4-6)16(23)24)19-10(20)5-8-11(13(19)17)15(22)18-14(8)21/h3-5H,17H2,1-2H3,(H,23,24)(H,18,21,22). The van der Waals surface area contributed by atoms with Crippen LogP contribution in [0.5, 0.6) is 0 Å². The average molecular weight is 327 g/mol. The minimum Gasteiger partial charge on any atom is -0.478 e. The average Bonchev–Trinajstić information content (AvgIpc) is 2.75. The van der Waals surface area contributed by atoms with Crippen LogP contribution in [0, 0.1) is 13.8 Å². The van der Waals surface area contributed by atoms with Gasteiger partial charge in [0.05, 0.1) is 22.4 Å². The molecule has 0 atom stereocenters. The van der Waals surface area contributed by atoms with E-state index in [2.05, 4.69) is 5.32 Å². The molecule has 1 aromatic heterocycles. The molecule has 122 valence electrons. The van der Waals surface area contributed by atoms with Crippen molar-refractivity contribution in [1.29, 1.82) is 0 Å². The van der Waals surface area contributed by atoms with Crippen molar-refractivity contribution in [3.63, 3.8) is 0 Å². The highest BCUT2D eigenvalue weighted by Crippen LogP contribution is 2.27. The van der Waals surface area contributed by atoms with Gasteiger partial charge in [-0.05, 0) is 31.0 Å². The van der Waals surface area contributed by atoms with Crippen molar-refractivity contribution in [2.45, 2.75) is 13.8 Å². The Bertz CT molecular complexity index is 1000. The molecule has 0 spiro atoms. The Morgan fingerprint density at radius 2 is 1.79 bits per heavy atom. The summed E-state index contributed by atoms with van der Waals surface area (Å²) in [5, 5.41) is 11.5. The van der Waals surface area contributed by atoms with E-state index in [1.807, 2.05) is 0 Å². The van der Waals surface area contributed by atoms with Crippen molar-refractivity contribution < 1.29 is 19.5 Å². The molecule has 0 saturated heterocycles. The zero-order valence-corrected chi connectivity index (χ0v) is 12.8. The number of nitrogens with zero attached hydrogens (tertiary/aromatic N) is 1. The number of pyridine rings is 1. The number of nitrogens with one attached hydrogen (secondary N) is 1. The summed E-state index contributed by atoms with van der Waals surface area (Å²) in [6.07, 6.45) is 0. The second-order valence-corrected chi connectivity index (χ2v) is 5.56. The van der Waals surface area contributed by atoms with Crippen LogP contribution in [0.25, 0.3) is 5.69 Å². The SMILES string of the molecule is Cc1cc(C)c(-n2c(N)c3c(cc2=O)C(=O)NC3=O)c(C(=O)O)c1. The summed E-state index contributed by atoms with van der Waals surface area (Å²) in [6, 6.07) is 4.10. The molecule has 2 aromatic rings. The van der Waals surface area contributed by atoms with Crippen LogP contribution in [0.15, 0.2) is 23.0 Å². The van der Waals surface area contributed by atoms with Gasteiger partial charge in [0.15, 0.2) is 0 Å². The highest BCUT2D eigenvalue weighted by atomic mass is 16.4. The molecular formula is C16H13N3O5. The number of fused-ring (bicyclic) bond motifs is 1. The second-order valence-electron chi connectivity index (χ2n) is 5.56. The number of anilines is 1. The van der Waals surface area contributed by atoms with Crippen molar-refractivity contribution in [3.8, 4) is 5.69 Å². The number of rotatable bonds is 2. The number of imide groups is 1. The summed E-state index contributed by atoms with van der Waals surface area (Å²) >= 11 is 0. The number of carbonyl (C=O) groups is 3. The van der Waals surface area contributed by atoms with Crippen LogP contribution in [0.2, 0.25) is 0 Å². The summed E-state index contributed by atoms with van der Waals surface area (Å²) in [6.45, 7) is 3.36. The monoisotopic (exact) mass is 327 g/mol. The van der Waals surface area contributed by atoms with Gasteiger partial charge >= 0.3 is 5.97 Å². The van der Waals surface area contributed by atoms with E-state index < -0.39 is 23.3 Å². The first-order chi connectivity index (χ1) is 11.2. The number of hydrogen-bond acceptors (Lipinski definition) is 5. The minimum absolute atomic E-state index is 0.0746. The largest absolute Gasteiger partial charge is 0.478 e. The number of aromatic carboxylic acids is 1. The number of carboxylic acid groups (broad SMARTS) is 1. The molecule has 4 N–H and O–H groups in total. The normalized spacial score (nSPS) is 12.9. The van der Waals surface area contributed by atoms with Crippen LogP contribution in [0.1, 0.15) is 42.2 Å². The number of amides is 2. The first-order valence-electron chi connectivity index (χ1n) is 6.98. The van der Waals surface area contributed by atoms with Crippen LogP contribution in [0.4, 0.5) is 5.82 Å². The molecule has 2 heterocycles. The van der Waals surface area contributed by atoms with Gasteiger partial charge < -0.3 is 10.8 Å². The van der Waals surface area contributed by atoms with Gasteiger partial charge in [0.25, 0.3) is 17.4 Å². The highest BCUT2D eigenvalue weighted by molar-refractivity contribution is 6.23. The van der Waals surface area contributed by atoms with E-state index in [4.69, 9.17) is 5.73 Å². The lowest BCUT2D eigenvalue weighted by Crippen LogP contribution is -2.26. The van der Waals surface area contributed by atoms with Crippen molar-refractivity contribution in [3.05, 3.63) is 56.4 Å². The van der Waals surface area contributed by atoms with Gasteiger partial charge in [0, 0.05) is 6.07 Å². The Morgan fingerprint density at radius 3 is 2.42 bits per heavy atom. The molecule has 1 aliphatic heterocycles. The van der Waals surface area contributed by atoms with Crippen LogP contribution in [0.3, 0.4) is 0 Å². The molecule has 8 heteroatoms. The smallest absolute Gasteiger partial charge is 0.337 e. The van der Waals surface area contributed by atoms with E-state index in [1.54, 1.807) is 19.9 Å². The lowest BCUT2D eigenvalue weighted by molar-refractivity contribution is 0.0696. The maximum absolute atomic E-state index is 12.5. The van der Waals surface area contributed by atoms with E-state index in [0.29, 0.717) is 11.1 Å². The Labute approximate surface area is 135 Å².